The second-order valence-electron chi connectivity index (χ2n) is 15.6. The second-order valence-corrected chi connectivity index (χ2v) is 21.2. The molecule has 0 spiro atoms. The predicted octanol–water partition coefficient (Wildman–Crippen LogP) is 7.36. The first-order valence-electron chi connectivity index (χ1n) is 17.4. The molecule has 0 N–H and O–H groups in total. The molecule has 2 aromatic carbocycles. The van der Waals surface area contributed by atoms with E-state index in [0.717, 1.165) is 12.1 Å². The van der Waals surface area contributed by atoms with Gasteiger partial charge in [0.25, 0.3) is 5.91 Å². The van der Waals surface area contributed by atoms with Crippen LogP contribution < -0.4 is 4.90 Å². The Morgan fingerprint density at radius 1 is 1.06 bits per heavy atom. The first-order valence-corrected chi connectivity index (χ1v) is 21.1. The molecule has 1 amide bonds. The van der Waals surface area contributed by atoms with Crippen LogP contribution in [-0.4, -0.2) is 98.5 Å². The van der Waals surface area contributed by atoms with Crippen LogP contribution in [0.2, 0.25) is 28.2 Å². The normalized spacial score (nSPS) is 27.7. The lowest BCUT2D eigenvalue weighted by Gasteiger charge is -2.52. The molecule has 11 nitrogen and oxygen atoms in total. The van der Waals surface area contributed by atoms with Gasteiger partial charge in [-0.25, -0.2) is 17.9 Å². The summed E-state index contributed by atoms with van der Waals surface area (Å²) in [7, 11) is -0.933. The first-order chi connectivity index (χ1) is 24.8. The molecular formula is C36H45Cl2F3N4O7Si. The van der Waals surface area contributed by atoms with Crippen LogP contribution in [0.5, 0.6) is 0 Å². The molecule has 0 aliphatic carbocycles. The standard InChI is InChI=1S/C36H45Cl2F3N4O7Si/c1-35(2,3)53(7,8)52-27-17-48-10-9-26(27)45(22-14-20(37)13-21(38)15-22)34(46)33-32(47-6)30(31-28(50-33)18-49-36(4,5)51-31)44-16-25(42-43-44)19-11-23(39)29(41)24(40)12-19/h11-16,26-28,30-33H,9-10,17-18H2,1-8H3/t26?,27-,28+,30-,31-,32+,33+/m0/s1. The number of halogens is 5. The number of hydrogen-bond acceptors (Lipinski definition) is 9. The molecule has 1 aromatic heterocycles. The zero-order valence-electron chi connectivity index (χ0n) is 30.9. The van der Waals surface area contributed by atoms with Crippen LogP contribution in [0.25, 0.3) is 11.3 Å². The summed E-state index contributed by atoms with van der Waals surface area (Å²) in [5.41, 5.74) is 0.446. The van der Waals surface area contributed by atoms with E-state index in [1.54, 1.807) is 36.9 Å². The fraction of sp³-hybridized carbons (Fsp3) is 0.583. The lowest BCUT2D eigenvalue weighted by atomic mass is 9.89. The highest BCUT2D eigenvalue weighted by atomic mass is 35.5. The number of hydrogen-bond donors (Lipinski definition) is 0. The lowest BCUT2D eigenvalue weighted by molar-refractivity contribution is -0.346. The number of methoxy groups -OCH3 is 1. The van der Waals surface area contributed by atoms with E-state index in [2.05, 4.69) is 44.2 Å². The zero-order valence-corrected chi connectivity index (χ0v) is 33.4. The van der Waals surface area contributed by atoms with E-state index in [0.29, 0.717) is 28.8 Å². The van der Waals surface area contributed by atoms with Gasteiger partial charge >= 0.3 is 0 Å². The Hall–Kier alpha value is -2.60. The van der Waals surface area contributed by atoms with E-state index in [1.165, 1.54) is 18.0 Å². The largest absolute Gasteiger partial charge is 0.409 e. The van der Waals surface area contributed by atoms with Gasteiger partial charge in [0, 0.05) is 35.0 Å². The van der Waals surface area contributed by atoms with Crippen molar-refractivity contribution in [2.45, 2.75) is 108 Å². The number of fused-ring (bicyclic) bond motifs is 1. The number of rotatable bonds is 8. The Balaban J connectivity index is 1.44. The smallest absolute Gasteiger partial charge is 0.259 e. The van der Waals surface area contributed by atoms with E-state index in [9.17, 15) is 13.2 Å². The minimum Gasteiger partial charge on any atom is -0.409 e. The van der Waals surface area contributed by atoms with Crippen molar-refractivity contribution in [1.29, 1.82) is 0 Å². The van der Waals surface area contributed by atoms with Crippen molar-refractivity contribution in [2.24, 2.45) is 0 Å². The summed E-state index contributed by atoms with van der Waals surface area (Å²) < 4.78 is 81.6. The van der Waals surface area contributed by atoms with Gasteiger partial charge in [-0.05, 0) is 68.7 Å². The average Bonchev–Trinajstić information content (AvgIpc) is 3.55. The molecule has 4 heterocycles. The van der Waals surface area contributed by atoms with Gasteiger partial charge in [-0.15, -0.1) is 5.10 Å². The Labute approximate surface area is 318 Å². The maximum absolute atomic E-state index is 15.3. The lowest BCUT2D eigenvalue weighted by Crippen LogP contribution is -2.67. The number of aromatic nitrogens is 3. The first kappa shape index (κ1) is 40.1. The van der Waals surface area contributed by atoms with Crippen LogP contribution in [0.4, 0.5) is 18.9 Å². The Kier molecular flexibility index (Phi) is 11.5. The Morgan fingerprint density at radius 2 is 1.72 bits per heavy atom. The van der Waals surface area contributed by atoms with E-state index in [1.807, 2.05) is 0 Å². The van der Waals surface area contributed by atoms with Gasteiger partial charge in [-0.1, -0.05) is 49.2 Å². The van der Waals surface area contributed by atoms with Crippen molar-refractivity contribution >= 4 is 43.1 Å². The topological polar surface area (TPSA) is 106 Å². The van der Waals surface area contributed by atoms with E-state index in [4.69, 9.17) is 51.3 Å². The minimum absolute atomic E-state index is 0.0395. The average molecular weight is 802 g/mol. The minimum atomic E-state index is -2.37. The molecule has 0 radical (unpaired) electrons. The number of amides is 1. The molecule has 3 aliphatic rings. The number of ether oxygens (including phenoxy) is 5. The molecule has 3 aliphatic heterocycles. The summed E-state index contributed by atoms with van der Waals surface area (Å²) in [6.07, 6.45) is -2.53. The van der Waals surface area contributed by atoms with Crippen LogP contribution in [0.3, 0.4) is 0 Å². The molecule has 53 heavy (non-hydrogen) atoms. The molecule has 3 aromatic rings. The highest BCUT2D eigenvalue weighted by molar-refractivity contribution is 6.74. The maximum atomic E-state index is 15.3. The van der Waals surface area contributed by atoms with Gasteiger partial charge in [-0.3, -0.25) is 4.79 Å². The molecule has 0 bridgehead atoms. The van der Waals surface area contributed by atoms with Crippen molar-refractivity contribution in [3.05, 3.63) is 64.0 Å². The number of benzene rings is 2. The summed E-state index contributed by atoms with van der Waals surface area (Å²) >= 11 is 13.1. The van der Waals surface area contributed by atoms with Gasteiger partial charge in [0.1, 0.15) is 30.0 Å². The van der Waals surface area contributed by atoms with Crippen molar-refractivity contribution < 1.29 is 46.1 Å². The van der Waals surface area contributed by atoms with Crippen LogP contribution in [0.15, 0.2) is 36.5 Å². The summed E-state index contributed by atoms with van der Waals surface area (Å²) in [5, 5.41) is 8.97. The fourth-order valence-electron chi connectivity index (χ4n) is 6.84. The molecule has 3 saturated heterocycles. The van der Waals surface area contributed by atoms with Crippen molar-refractivity contribution in [1.82, 2.24) is 15.0 Å². The predicted molar refractivity (Wildman–Crippen MR) is 194 cm³/mol. The zero-order chi connectivity index (χ0) is 38.6. The quantitative estimate of drug-likeness (QED) is 0.171. The summed E-state index contributed by atoms with van der Waals surface area (Å²) in [4.78, 5) is 16.9. The van der Waals surface area contributed by atoms with Crippen LogP contribution in [0, 0.1) is 17.5 Å². The second kappa shape index (κ2) is 15.1. The summed E-state index contributed by atoms with van der Waals surface area (Å²) in [5.74, 6) is -5.87. The van der Waals surface area contributed by atoms with Gasteiger partial charge < -0.3 is 33.0 Å². The number of anilines is 1. The van der Waals surface area contributed by atoms with E-state index >= 15 is 4.79 Å². The summed E-state index contributed by atoms with van der Waals surface area (Å²) in [6.45, 7) is 14.9. The fourth-order valence-corrected chi connectivity index (χ4v) is 8.69. The van der Waals surface area contributed by atoms with Crippen LogP contribution in [0.1, 0.15) is 47.1 Å². The molecule has 0 saturated carbocycles. The third-order valence-corrected chi connectivity index (χ3v) is 15.4. The number of carbonyl (C=O) groups excluding carboxylic acids is 1. The van der Waals surface area contributed by atoms with Gasteiger partial charge in [0.15, 0.2) is 37.7 Å². The van der Waals surface area contributed by atoms with Gasteiger partial charge in [-0.2, -0.15) is 0 Å². The molecular weight excluding hydrogens is 756 g/mol. The molecule has 7 atom stereocenters. The Morgan fingerprint density at radius 3 is 2.34 bits per heavy atom. The third-order valence-electron chi connectivity index (χ3n) is 10.5. The maximum Gasteiger partial charge on any atom is 0.259 e. The van der Waals surface area contributed by atoms with Crippen molar-refractivity contribution in [3.63, 3.8) is 0 Å². The molecule has 17 heteroatoms. The Bertz CT molecular complexity index is 1790. The number of carbonyl (C=O) groups is 1. The SMILES string of the molecule is CO[C@@H]1[C@@H](n2cc(-c3cc(F)c(F)c(F)c3)nn2)[C@H]2OC(C)(C)OC[C@H]2O[C@H]1C(=O)N(c1cc(Cl)cc(Cl)c1)C1CCOC[C@@H]1O[Si](C)(C)C(C)(C)C. The number of nitrogens with zero attached hydrogens (tertiary/aromatic N) is 4. The van der Waals surface area contributed by atoms with Crippen LogP contribution in [-0.2, 0) is 32.9 Å². The highest BCUT2D eigenvalue weighted by Crippen LogP contribution is 2.43. The molecule has 3 fully saturated rings. The highest BCUT2D eigenvalue weighted by Gasteiger charge is 2.56. The monoisotopic (exact) mass is 800 g/mol. The van der Waals surface area contributed by atoms with Crippen LogP contribution >= 0.6 is 23.2 Å². The van der Waals surface area contributed by atoms with E-state index < -0.39 is 80.1 Å². The van der Waals surface area contributed by atoms with Gasteiger partial charge in [0.2, 0.25) is 0 Å². The van der Waals surface area contributed by atoms with E-state index in [-0.39, 0.29) is 29.5 Å². The summed E-state index contributed by atoms with van der Waals surface area (Å²) in [6, 6.07) is 5.18. The molecule has 6 rings (SSSR count). The van der Waals surface area contributed by atoms with Crippen molar-refractivity contribution in [3.8, 4) is 11.3 Å². The van der Waals surface area contributed by atoms with Crippen molar-refractivity contribution in [2.75, 3.05) is 31.8 Å². The molecule has 1 unspecified atom stereocenters. The third kappa shape index (κ3) is 8.19. The van der Waals surface area contributed by atoms with Gasteiger partial charge in [0.05, 0.1) is 31.6 Å². The molecule has 290 valence electrons.